The van der Waals surface area contributed by atoms with Crippen LogP contribution in [0.4, 0.5) is 5.69 Å². The van der Waals surface area contributed by atoms with E-state index in [2.05, 4.69) is 64.7 Å². The van der Waals surface area contributed by atoms with Crippen molar-refractivity contribution in [1.82, 2.24) is 10.6 Å². The van der Waals surface area contributed by atoms with Gasteiger partial charge in [0, 0.05) is 37.9 Å². The lowest BCUT2D eigenvalue weighted by Crippen LogP contribution is -2.46. The molecule has 0 amide bonds. The Bertz CT molecular complexity index is 509. The molecule has 1 heterocycles. The molecule has 114 valence electrons. The Balaban J connectivity index is 1.52. The van der Waals surface area contributed by atoms with Crippen molar-refractivity contribution in [3.8, 4) is 0 Å². The van der Waals surface area contributed by atoms with E-state index in [1.807, 2.05) is 7.05 Å². The largest absolute Gasteiger partial charge is 0.369 e. The average molecular weight is 286 g/mol. The maximum atomic E-state index is 4.37. The summed E-state index contributed by atoms with van der Waals surface area (Å²) in [4.78, 5) is 6.81. The van der Waals surface area contributed by atoms with Gasteiger partial charge in [-0.2, -0.15) is 0 Å². The van der Waals surface area contributed by atoms with E-state index in [4.69, 9.17) is 0 Å². The van der Waals surface area contributed by atoms with E-state index in [-0.39, 0.29) is 0 Å². The molecule has 1 aromatic carbocycles. The van der Waals surface area contributed by atoms with Gasteiger partial charge in [-0.05, 0) is 30.4 Å². The van der Waals surface area contributed by atoms with Crippen LogP contribution in [0, 0.1) is 5.41 Å². The number of para-hydroxylation sites is 1. The minimum absolute atomic E-state index is 0.420. The first-order chi connectivity index (χ1) is 10.1. The molecule has 1 saturated carbocycles. The van der Waals surface area contributed by atoms with Gasteiger partial charge in [0.15, 0.2) is 5.96 Å². The molecule has 1 saturated heterocycles. The van der Waals surface area contributed by atoms with Crippen molar-refractivity contribution in [1.29, 1.82) is 0 Å². The van der Waals surface area contributed by atoms with E-state index in [1.54, 1.807) is 0 Å². The molecule has 2 atom stereocenters. The fourth-order valence-electron chi connectivity index (χ4n) is 2.99. The van der Waals surface area contributed by atoms with Crippen LogP contribution in [-0.4, -0.2) is 38.2 Å². The summed E-state index contributed by atoms with van der Waals surface area (Å²) in [6.07, 6.45) is 2.39. The highest BCUT2D eigenvalue weighted by atomic mass is 15.3. The van der Waals surface area contributed by atoms with Crippen molar-refractivity contribution in [2.75, 3.05) is 25.0 Å². The van der Waals surface area contributed by atoms with Crippen LogP contribution in [-0.2, 0) is 0 Å². The van der Waals surface area contributed by atoms with Gasteiger partial charge in [-0.1, -0.05) is 32.0 Å². The average Bonchev–Trinajstić information content (AvgIpc) is 2.89. The molecule has 1 aliphatic carbocycles. The van der Waals surface area contributed by atoms with Gasteiger partial charge >= 0.3 is 0 Å². The highest BCUT2D eigenvalue weighted by molar-refractivity contribution is 5.81. The summed E-state index contributed by atoms with van der Waals surface area (Å²) >= 11 is 0. The predicted molar refractivity (Wildman–Crippen MR) is 88.9 cm³/mol. The van der Waals surface area contributed by atoms with Gasteiger partial charge in [0.25, 0.3) is 0 Å². The Morgan fingerprint density at radius 3 is 2.57 bits per heavy atom. The predicted octanol–water partition coefficient (Wildman–Crippen LogP) is 2.23. The molecule has 1 aliphatic heterocycles. The Hall–Kier alpha value is -1.71. The second-order valence-electron chi connectivity index (χ2n) is 6.87. The van der Waals surface area contributed by atoms with Crippen molar-refractivity contribution in [2.24, 2.45) is 10.4 Å². The second kappa shape index (κ2) is 5.58. The first-order valence-electron chi connectivity index (χ1n) is 7.88. The fraction of sp³-hybridized carbons (Fsp3) is 0.588. The van der Waals surface area contributed by atoms with Crippen LogP contribution in [0.15, 0.2) is 35.3 Å². The third-order valence-electron chi connectivity index (χ3n) is 4.70. The highest BCUT2D eigenvalue weighted by Crippen LogP contribution is 2.44. The van der Waals surface area contributed by atoms with Crippen molar-refractivity contribution in [3.63, 3.8) is 0 Å². The van der Waals surface area contributed by atoms with Crippen LogP contribution in [0.25, 0.3) is 0 Å². The van der Waals surface area contributed by atoms with E-state index < -0.39 is 0 Å². The lowest BCUT2D eigenvalue weighted by molar-refractivity contribution is 0.579. The van der Waals surface area contributed by atoms with Gasteiger partial charge in [0.1, 0.15) is 0 Å². The molecule has 3 rings (SSSR count). The van der Waals surface area contributed by atoms with Crippen LogP contribution in [0.5, 0.6) is 0 Å². The number of rotatable bonds is 3. The Kier molecular flexibility index (Phi) is 3.79. The van der Waals surface area contributed by atoms with Gasteiger partial charge in [-0.25, -0.2) is 0 Å². The quantitative estimate of drug-likeness (QED) is 0.661. The SMILES string of the molecule is CN=C(NC1CCN(c2ccccc2)C1)NC1CC1(C)C. The third-order valence-corrected chi connectivity index (χ3v) is 4.70. The monoisotopic (exact) mass is 286 g/mol. The molecule has 4 heteroatoms. The van der Waals surface area contributed by atoms with Crippen molar-refractivity contribution >= 4 is 11.6 Å². The molecule has 1 aromatic rings. The van der Waals surface area contributed by atoms with Gasteiger partial charge < -0.3 is 15.5 Å². The topological polar surface area (TPSA) is 39.7 Å². The summed E-state index contributed by atoms with van der Waals surface area (Å²) in [5.41, 5.74) is 1.73. The van der Waals surface area contributed by atoms with E-state index in [9.17, 15) is 0 Å². The standard InChI is InChI=1S/C17H26N4/c1-17(2)11-15(17)20-16(18-3)19-13-9-10-21(12-13)14-7-5-4-6-8-14/h4-8,13,15H,9-12H2,1-3H3,(H2,18,19,20). The molecule has 0 radical (unpaired) electrons. The Morgan fingerprint density at radius 1 is 1.24 bits per heavy atom. The van der Waals surface area contributed by atoms with Crippen LogP contribution < -0.4 is 15.5 Å². The van der Waals surface area contributed by atoms with E-state index in [0.717, 1.165) is 25.5 Å². The molecule has 0 spiro atoms. The number of benzene rings is 1. The summed E-state index contributed by atoms with van der Waals surface area (Å²) in [6.45, 7) is 6.74. The molecular formula is C17H26N4. The summed E-state index contributed by atoms with van der Waals surface area (Å²) in [7, 11) is 1.86. The third kappa shape index (κ3) is 3.31. The van der Waals surface area contributed by atoms with Crippen LogP contribution in [0.3, 0.4) is 0 Å². The number of guanidine groups is 1. The number of aliphatic imine (C=N–C) groups is 1. The molecule has 0 bridgehead atoms. The molecular weight excluding hydrogens is 260 g/mol. The molecule has 2 unspecified atom stereocenters. The second-order valence-corrected chi connectivity index (χ2v) is 6.87. The fourth-order valence-corrected chi connectivity index (χ4v) is 2.99. The van der Waals surface area contributed by atoms with E-state index in [0.29, 0.717) is 17.5 Å². The van der Waals surface area contributed by atoms with Gasteiger partial charge in [-0.3, -0.25) is 4.99 Å². The van der Waals surface area contributed by atoms with Crippen molar-refractivity contribution in [3.05, 3.63) is 30.3 Å². The number of hydrogen-bond acceptors (Lipinski definition) is 2. The maximum absolute atomic E-state index is 4.37. The molecule has 4 nitrogen and oxygen atoms in total. The minimum Gasteiger partial charge on any atom is -0.369 e. The van der Waals surface area contributed by atoms with E-state index >= 15 is 0 Å². The Morgan fingerprint density at radius 2 is 1.95 bits per heavy atom. The minimum atomic E-state index is 0.420. The zero-order valence-electron chi connectivity index (χ0n) is 13.3. The van der Waals surface area contributed by atoms with Crippen molar-refractivity contribution < 1.29 is 0 Å². The van der Waals surface area contributed by atoms with Crippen LogP contribution in [0.2, 0.25) is 0 Å². The normalized spacial score (nSPS) is 27.6. The summed E-state index contributed by atoms with van der Waals surface area (Å²) < 4.78 is 0. The lowest BCUT2D eigenvalue weighted by atomic mass is 10.2. The van der Waals surface area contributed by atoms with Gasteiger partial charge in [0.05, 0.1) is 0 Å². The number of hydrogen-bond donors (Lipinski definition) is 2. The zero-order chi connectivity index (χ0) is 14.9. The maximum Gasteiger partial charge on any atom is 0.191 e. The smallest absolute Gasteiger partial charge is 0.191 e. The molecule has 0 aromatic heterocycles. The lowest BCUT2D eigenvalue weighted by Gasteiger charge is -2.20. The first-order valence-corrected chi connectivity index (χ1v) is 7.88. The van der Waals surface area contributed by atoms with Crippen LogP contribution >= 0.6 is 0 Å². The van der Waals surface area contributed by atoms with E-state index in [1.165, 1.54) is 12.1 Å². The molecule has 2 fully saturated rings. The van der Waals surface area contributed by atoms with Crippen LogP contribution in [0.1, 0.15) is 26.7 Å². The molecule has 2 aliphatic rings. The number of nitrogens with zero attached hydrogens (tertiary/aromatic N) is 2. The summed E-state index contributed by atoms with van der Waals surface area (Å²) in [5.74, 6) is 0.950. The first kappa shape index (κ1) is 14.2. The summed E-state index contributed by atoms with van der Waals surface area (Å²) in [6, 6.07) is 11.7. The molecule has 21 heavy (non-hydrogen) atoms. The van der Waals surface area contributed by atoms with Gasteiger partial charge in [0.2, 0.25) is 0 Å². The number of anilines is 1. The highest BCUT2D eigenvalue weighted by Gasteiger charge is 2.46. The van der Waals surface area contributed by atoms with Crippen molar-refractivity contribution in [2.45, 2.75) is 38.8 Å². The number of nitrogens with one attached hydrogen (secondary N) is 2. The zero-order valence-corrected chi connectivity index (χ0v) is 13.3. The summed E-state index contributed by atoms with van der Waals surface area (Å²) in [5, 5.41) is 7.10. The van der Waals surface area contributed by atoms with Gasteiger partial charge in [-0.15, -0.1) is 0 Å². The Labute approximate surface area is 127 Å². The molecule has 2 N–H and O–H groups in total.